The van der Waals surface area contributed by atoms with Gasteiger partial charge in [-0.25, -0.2) is 4.98 Å². The van der Waals surface area contributed by atoms with Gasteiger partial charge in [0.2, 0.25) is 0 Å². The molecule has 6 heteroatoms. The van der Waals surface area contributed by atoms with E-state index < -0.39 is 0 Å². The van der Waals surface area contributed by atoms with Gasteiger partial charge in [-0.3, -0.25) is 4.90 Å². The molecule has 1 aliphatic heterocycles. The highest BCUT2D eigenvalue weighted by Gasteiger charge is 2.17. The molecular formula is C14H20ClN3OS. The number of hydrogen-bond donors (Lipinski definition) is 1. The minimum atomic E-state index is 0. The molecule has 0 aliphatic carbocycles. The van der Waals surface area contributed by atoms with Gasteiger partial charge in [-0.15, -0.1) is 23.7 Å². The average molecular weight is 314 g/mol. The predicted molar refractivity (Wildman–Crippen MR) is 84.5 cm³/mol. The van der Waals surface area contributed by atoms with Crippen molar-refractivity contribution in [1.29, 1.82) is 0 Å². The summed E-state index contributed by atoms with van der Waals surface area (Å²) in [5, 5.41) is 4.44. The summed E-state index contributed by atoms with van der Waals surface area (Å²) < 4.78 is 5.61. The molecule has 0 spiro atoms. The second-order valence-corrected chi connectivity index (χ2v) is 6.25. The second-order valence-electron chi connectivity index (χ2n) is 5.13. The Kier molecular flexibility index (Phi) is 5.21. The van der Waals surface area contributed by atoms with Crippen LogP contribution in [0, 0.1) is 6.92 Å². The maximum absolute atomic E-state index is 5.61. The number of halogens is 1. The van der Waals surface area contributed by atoms with Gasteiger partial charge in [0.05, 0.1) is 0 Å². The van der Waals surface area contributed by atoms with Gasteiger partial charge < -0.3 is 9.73 Å². The van der Waals surface area contributed by atoms with Crippen molar-refractivity contribution in [3.8, 4) is 10.8 Å². The fourth-order valence-electron chi connectivity index (χ4n) is 2.42. The molecule has 2 aromatic rings. The highest BCUT2D eigenvalue weighted by atomic mass is 35.5. The van der Waals surface area contributed by atoms with Gasteiger partial charge in [0, 0.05) is 43.3 Å². The van der Waals surface area contributed by atoms with Crippen molar-refractivity contribution in [3.63, 3.8) is 0 Å². The van der Waals surface area contributed by atoms with Crippen LogP contribution in [0.4, 0.5) is 0 Å². The van der Waals surface area contributed by atoms with Crippen molar-refractivity contribution in [3.05, 3.63) is 29.0 Å². The predicted octanol–water partition coefficient (Wildman–Crippen LogP) is 2.93. The Morgan fingerprint density at radius 1 is 1.50 bits per heavy atom. The lowest BCUT2D eigenvalue weighted by molar-refractivity contribution is 0.201. The van der Waals surface area contributed by atoms with E-state index in [0.717, 1.165) is 42.7 Å². The smallest absolute Gasteiger partial charge is 0.162 e. The van der Waals surface area contributed by atoms with Crippen LogP contribution in [0.3, 0.4) is 0 Å². The van der Waals surface area contributed by atoms with E-state index in [1.165, 1.54) is 4.88 Å². The molecule has 20 heavy (non-hydrogen) atoms. The van der Waals surface area contributed by atoms with E-state index in [-0.39, 0.29) is 12.4 Å². The van der Waals surface area contributed by atoms with Crippen LogP contribution in [-0.2, 0) is 6.54 Å². The first-order valence-corrected chi connectivity index (χ1v) is 7.49. The number of nitrogens with zero attached hydrogens (tertiary/aromatic N) is 2. The van der Waals surface area contributed by atoms with Crippen molar-refractivity contribution in [2.75, 3.05) is 19.6 Å². The highest BCUT2D eigenvalue weighted by Crippen LogP contribution is 2.27. The second kappa shape index (κ2) is 6.72. The molecule has 1 saturated heterocycles. The highest BCUT2D eigenvalue weighted by molar-refractivity contribution is 7.14. The van der Waals surface area contributed by atoms with E-state index >= 15 is 0 Å². The summed E-state index contributed by atoms with van der Waals surface area (Å²) >= 11 is 1.73. The first kappa shape index (κ1) is 15.5. The Morgan fingerprint density at radius 3 is 3.05 bits per heavy atom. The van der Waals surface area contributed by atoms with E-state index in [0.29, 0.717) is 6.04 Å². The maximum Gasteiger partial charge on any atom is 0.162 e. The molecule has 0 saturated carbocycles. The lowest BCUT2D eigenvalue weighted by atomic mass is 10.2. The number of thiazole rings is 1. The Hall–Kier alpha value is -0.880. The molecule has 3 rings (SSSR count). The number of aryl methyl sites for hydroxylation is 1. The zero-order chi connectivity index (χ0) is 13.2. The topological polar surface area (TPSA) is 41.3 Å². The first-order valence-electron chi connectivity index (χ1n) is 6.68. The minimum absolute atomic E-state index is 0. The number of furan rings is 1. The van der Waals surface area contributed by atoms with Gasteiger partial charge in [0.25, 0.3) is 0 Å². The number of hydrogen-bond acceptors (Lipinski definition) is 5. The summed E-state index contributed by atoms with van der Waals surface area (Å²) in [6.45, 7) is 8.47. The molecule has 0 radical (unpaired) electrons. The van der Waals surface area contributed by atoms with Crippen LogP contribution in [0.15, 0.2) is 22.7 Å². The van der Waals surface area contributed by atoms with Gasteiger partial charge in [0.15, 0.2) is 10.8 Å². The van der Waals surface area contributed by atoms with Crippen LogP contribution in [0.1, 0.15) is 17.6 Å². The lowest BCUT2D eigenvalue weighted by Gasteiger charge is -2.31. The molecular weight excluding hydrogens is 294 g/mol. The van der Waals surface area contributed by atoms with Gasteiger partial charge in [-0.2, -0.15) is 0 Å². The Labute approximate surface area is 129 Å². The van der Waals surface area contributed by atoms with Crippen LogP contribution < -0.4 is 5.32 Å². The Morgan fingerprint density at radius 2 is 2.35 bits per heavy atom. The molecule has 1 fully saturated rings. The summed E-state index contributed by atoms with van der Waals surface area (Å²) in [4.78, 5) is 8.25. The summed E-state index contributed by atoms with van der Waals surface area (Å²) in [5.41, 5.74) is 0. The third-order valence-corrected chi connectivity index (χ3v) is 4.33. The van der Waals surface area contributed by atoms with Crippen molar-refractivity contribution in [2.45, 2.75) is 26.4 Å². The van der Waals surface area contributed by atoms with Crippen LogP contribution in [0.5, 0.6) is 0 Å². The van der Waals surface area contributed by atoms with Crippen molar-refractivity contribution in [2.24, 2.45) is 0 Å². The zero-order valence-electron chi connectivity index (χ0n) is 11.8. The van der Waals surface area contributed by atoms with Crippen molar-refractivity contribution >= 4 is 23.7 Å². The van der Waals surface area contributed by atoms with Gasteiger partial charge in [-0.1, -0.05) is 0 Å². The number of aromatic nitrogens is 1. The van der Waals surface area contributed by atoms with Crippen molar-refractivity contribution in [1.82, 2.24) is 15.2 Å². The molecule has 0 amide bonds. The summed E-state index contributed by atoms with van der Waals surface area (Å²) in [7, 11) is 0. The fourth-order valence-corrected chi connectivity index (χ4v) is 3.34. The van der Waals surface area contributed by atoms with Gasteiger partial charge in [-0.05, 0) is 26.0 Å². The Balaban J connectivity index is 0.00000147. The van der Waals surface area contributed by atoms with Crippen molar-refractivity contribution < 1.29 is 4.42 Å². The fraction of sp³-hybridized carbons (Fsp3) is 0.500. The molecule has 0 aromatic carbocycles. The Bertz CT molecular complexity index is 554. The molecule has 110 valence electrons. The largest absolute Gasteiger partial charge is 0.459 e. The SMILES string of the molecule is Cc1ccc(-c2ncc(CN3CCN[C@@H](C)C3)s2)o1.Cl. The van der Waals surface area contributed by atoms with E-state index in [2.05, 4.69) is 22.1 Å². The molecule has 3 heterocycles. The third-order valence-electron chi connectivity index (χ3n) is 3.34. The summed E-state index contributed by atoms with van der Waals surface area (Å²) in [5.74, 6) is 1.81. The van der Waals surface area contributed by atoms with Gasteiger partial charge >= 0.3 is 0 Å². The molecule has 2 aromatic heterocycles. The van der Waals surface area contributed by atoms with Crippen LogP contribution in [0.25, 0.3) is 10.8 Å². The van der Waals surface area contributed by atoms with E-state index in [9.17, 15) is 0 Å². The minimum Gasteiger partial charge on any atom is -0.459 e. The molecule has 4 nitrogen and oxygen atoms in total. The third kappa shape index (κ3) is 3.61. The molecule has 0 unspecified atom stereocenters. The standard InChI is InChI=1S/C14H19N3OS.ClH/c1-10-8-17(6-5-15-10)9-12-7-16-14(19-12)13-4-3-11(2)18-13;/h3-4,7,10,15H,5-6,8-9H2,1-2H3;1H/t10-;/m0./s1. The quantitative estimate of drug-likeness (QED) is 0.946. The summed E-state index contributed by atoms with van der Waals surface area (Å²) in [6, 6.07) is 4.55. The van der Waals surface area contributed by atoms with E-state index in [1.807, 2.05) is 25.3 Å². The van der Waals surface area contributed by atoms with E-state index in [4.69, 9.17) is 4.42 Å². The van der Waals surface area contributed by atoms with Crippen LogP contribution >= 0.6 is 23.7 Å². The number of rotatable bonds is 3. The monoisotopic (exact) mass is 313 g/mol. The first-order chi connectivity index (χ1) is 9.20. The molecule has 0 bridgehead atoms. The molecule has 1 atom stereocenters. The van der Waals surface area contributed by atoms with Crippen LogP contribution in [-0.4, -0.2) is 35.6 Å². The van der Waals surface area contributed by atoms with E-state index in [1.54, 1.807) is 11.3 Å². The number of piperazine rings is 1. The lowest BCUT2D eigenvalue weighted by Crippen LogP contribution is -2.48. The maximum atomic E-state index is 5.61. The normalized spacial score (nSPS) is 19.8. The number of nitrogens with one attached hydrogen (secondary N) is 1. The zero-order valence-corrected chi connectivity index (χ0v) is 13.4. The molecule has 1 aliphatic rings. The summed E-state index contributed by atoms with van der Waals surface area (Å²) in [6.07, 6.45) is 1.98. The van der Waals surface area contributed by atoms with Gasteiger partial charge in [0.1, 0.15) is 5.76 Å². The molecule has 1 N–H and O–H groups in total. The average Bonchev–Trinajstić information content (AvgIpc) is 2.98. The van der Waals surface area contributed by atoms with Crippen LogP contribution in [0.2, 0.25) is 0 Å².